The van der Waals surface area contributed by atoms with Gasteiger partial charge in [0.1, 0.15) is 0 Å². The smallest absolute Gasteiger partial charge is 0.319 e. The normalized spacial score (nSPS) is 10.4. The number of para-hydroxylation sites is 1. The number of amides is 3. The first-order valence-corrected chi connectivity index (χ1v) is 8.68. The van der Waals surface area contributed by atoms with E-state index in [2.05, 4.69) is 27.5 Å². The maximum atomic E-state index is 12.4. The Morgan fingerprint density at radius 2 is 1.70 bits per heavy atom. The minimum absolute atomic E-state index is 0.0905. The largest absolute Gasteiger partial charge is 0.358 e. The highest BCUT2D eigenvalue weighted by Crippen LogP contribution is 2.23. The van der Waals surface area contributed by atoms with Crippen molar-refractivity contribution in [3.8, 4) is 0 Å². The van der Waals surface area contributed by atoms with Crippen molar-refractivity contribution in [2.24, 2.45) is 0 Å². The molecule has 0 spiro atoms. The molecule has 0 saturated heterocycles. The Morgan fingerprint density at radius 3 is 2.41 bits per heavy atom. The summed E-state index contributed by atoms with van der Waals surface area (Å²) >= 11 is 0. The Labute approximate surface area is 157 Å². The van der Waals surface area contributed by atoms with Crippen LogP contribution in [0.15, 0.2) is 61.2 Å². The summed E-state index contributed by atoms with van der Waals surface area (Å²) in [6, 6.07) is 14.6. The molecule has 6 heteroatoms. The fourth-order valence-corrected chi connectivity index (χ4v) is 2.91. The second-order valence-electron chi connectivity index (χ2n) is 6.20. The Kier molecular flexibility index (Phi) is 5.56. The summed E-state index contributed by atoms with van der Waals surface area (Å²) in [5, 5.41) is 9.30. The number of benzene rings is 2. The molecule has 1 heterocycles. The summed E-state index contributed by atoms with van der Waals surface area (Å²) in [5.41, 5.74) is 4.34. The van der Waals surface area contributed by atoms with Gasteiger partial charge in [-0.25, -0.2) is 4.79 Å². The van der Waals surface area contributed by atoms with Crippen LogP contribution < -0.4 is 16.0 Å². The number of aryl methyl sites for hydroxylation is 1. The topological polar surface area (TPSA) is 86.0 Å². The van der Waals surface area contributed by atoms with Gasteiger partial charge in [-0.15, -0.1) is 6.58 Å². The third-order valence-electron chi connectivity index (χ3n) is 4.20. The molecule has 0 atom stereocenters. The fraction of sp³-hybridized carbons (Fsp3) is 0.143. The Bertz CT molecular complexity index is 974. The Morgan fingerprint density at radius 1 is 1.04 bits per heavy atom. The van der Waals surface area contributed by atoms with Crippen LogP contribution in [0.25, 0.3) is 10.9 Å². The van der Waals surface area contributed by atoms with E-state index < -0.39 is 0 Å². The molecule has 0 saturated carbocycles. The van der Waals surface area contributed by atoms with E-state index >= 15 is 0 Å². The third-order valence-corrected chi connectivity index (χ3v) is 4.20. The van der Waals surface area contributed by atoms with Gasteiger partial charge in [-0.2, -0.15) is 0 Å². The number of aromatic nitrogens is 1. The summed E-state index contributed by atoms with van der Waals surface area (Å²) in [6.45, 7) is 5.91. The molecule has 1 aromatic heterocycles. The van der Waals surface area contributed by atoms with Crippen LogP contribution in [0.2, 0.25) is 0 Å². The number of urea groups is 1. The van der Waals surface area contributed by atoms with E-state index in [1.807, 2.05) is 31.2 Å². The van der Waals surface area contributed by atoms with Crippen molar-refractivity contribution in [3.63, 3.8) is 0 Å². The molecule has 27 heavy (non-hydrogen) atoms. The standard InChI is InChI=1S/C21H22N4O2/c1-3-12-22-21(27)25-16-10-8-15(9-11-16)24-20(26)13-18-14(2)23-19-7-5-4-6-17(18)19/h3-11,23H,1,12-13H2,2H3,(H,24,26)(H2,22,25,27). The zero-order valence-electron chi connectivity index (χ0n) is 15.1. The highest BCUT2D eigenvalue weighted by atomic mass is 16.2. The van der Waals surface area contributed by atoms with Gasteiger partial charge in [0.05, 0.1) is 6.42 Å². The van der Waals surface area contributed by atoms with E-state index in [1.54, 1.807) is 30.3 Å². The van der Waals surface area contributed by atoms with Crippen molar-refractivity contribution in [1.82, 2.24) is 10.3 Å². The van der Waals surface area contributed by atoms with Crippen molar-refractivity contribution in [1.29, 1.82) is 0 Å². The average molecular weight is 362 g/mol. The van der Waals surface area contributed by atoms with E-state index in [-0.39, 0.29) is 11.9 Å². The van der Waals surface area contributed by atoms with Crippen LogP contribution in [0.3, 0.4) is 0 Å². The molecule has 2 aromatic carbocycles. The zero-order chi connectivity index (χ0) is 19.2. The number of carbonyl (C=O) groups is 2. The maximum absolute atomic E-state index is 12.4. The lowest BCUT2D eigenvalue weighted by Gasteiger charge is -2.08. The first-order valence-electron chi connectivity index (χ1n) is 8.68. The lowest BCUT2D eigenvalue weighted by atomic mass is 10.1. The molecule has 6 nitrogen and oxygen atoms in total. The molecule has 0 bridgehead atoms. The molecule has 3 rings (SSSR count). The maximum Gasteiger partial charge on any atom is 0.319 e. The highest BCUT2D eigenvalue weighted by Gasteiger charge is 2.12. The summed E-state index contributed by atoms with van der Waals surface area (Å²) < 4.78 is 0. The molecule has 138 valence electrons. The summed E-state index contributed by atoms with van der Waals surface area (Å²) in [7, 11) is 0. The minimum Gasteiger partial charge on any atom is -0.358 e. The molecule has 0 aliphatic rings. The average Bonchev–Trinajstić information content (AvgIpc) is 2.97. The predicted molar refractivity (Wildman–Crippen MR) is 109 cm³/mol. The number of nitrogens with one attached hydrogen (secondary N) is 4. The molecule has 4 N–H and O–H groups in total. The van der Waals surface area contributed by atoms with E-state index in [0.717, 1.165) is 22.2 Å². The fourth-order valence-electron chi connectivity index (χ4n) is 2.91. The number of carbonyl (C=O) groups excluding carboxylic acids is 2. The highest BCUT2D eigenvalue weighted by molar-refractivity contribution is 5.96. The van der Waals surface area contributed by atoms with Gasteiger partial charge in [-0.05, 0) is 42.8 Å². The number of hydrogen-bond donors (Lipinski definition) is 4. The first kappa shape index (κ1) is 18.3. The van der Waals surface area contributed by atoms with Gasteiger partial charge in [0, 0.05) is 34.5 Å². The Balaban J connectivity index is 1.61. The lowest BCUT2D eigenvalue weighted by molar-refractivity contribution is -0.115. The van der Waals surface area contributed by atoms with Gasteiger partial charge in [0.15, 0.2) is 0 Å². The summed E-state index contributed by atoms with van der Waals surface area (Å²) in [4.78, 5) is 27.4. The molecular formula is C21H22N4O2. The number of hydrogen-bond acceptors (Lipinski definition) is 2. The van der Waals surface area contributed by atoms with Crippen LogP contribution in [0.5, 0.6) is 0 Å². The number of fused-ring (bicyclic) bond motifs is 1. The molecule has 0 fully saturated rings. The van der Waals surface area contributed by atoms with Crippen LogP contribution in [-0.2, 0) is 11.2 Å². The van der Waals surface area contributed by atoms with Crippen LogP contribution in [-0.4, -0.2) is 23.5 Å². The van der Waals surface area contributed by atoms with Gasteiger partial charge in [-0.1, -0.05) is 24.3 Å². The third kappa shape index (κ3) is 4.55. The van der Waals surface area contributed by atoms with Gasteiger partial charge in [0.25, 0.3) is 0 Å². The van der Waals surface area contributed by atoms with E-state index in [4.69, 9.17) is 0 Å². The number of H-pyrrole nitrogens is 1. The molecule has 3 aromatic rings. The second kappa shape index (κ2) is 8.23. The molecule has 0 aliphatic carbocycles. The molecule has 0 aliphatic heterocycles. The summed E-state index contributed by atoms with van der Waals surface area (Å²) in [6.07, 6.45) is 1.90. The SMILES string of the molecule is C=CCNC(=O)Nc1ccc(NC(=O)Cc2c(C)[nH]c3ccccc23)cc1. The van der Waals surface area contributed by atoms with Crippen molar-refractivity contribution >= 4 is 34.2 Å². The lowest BCUT2D eigenvalue weighted by Crippen LogP contribution is -2.28. The second-order valence-corrected chi connectivity index (χ2v) is 6.20. The van der Waals surface area contributed by atoms with Gasteiger partial charge in [-0.3, -0.25) is 4.79 Å². The number of aromatic amines is 1. The summed E-state index contributed by atoms with van der Waals surface area (Å²) in [5.74, 6) is -0.0905. The molecule has 0 radical (unpaired) electrons. The van der Waals surface area contributed by atoms with Gasteiger partial charge in [0.2, 0.25) is 5.91 Å². The Hall–Kier alpha value is -3.54. The predicted octanol–water partition coefficient (Wildman–Crippen LogP) is 3.97. The van der Waals surface area contributed by atoms with Crippen molar-refractivity contribution in [2.75, 3.05) is 17.2 Å². The van der Waals surface area contributed by atoms with Crippen molar-refractivity contribution in [2.45, 2.75) is 13.3 Å². The van der Waals surface area contributed by atoms with E-state index in [1.165, 1.54) is 0 Å². The van der Waals surface area contributed by atoms with Crippen LogP contribution in [0, 0.1) is 6.92 Å². The zero-order valence-corrected chi connectivity index (χ0v) is 15.1. The van der Waals surface area contributed by atoms with Gasteiger partial charge < -0.3 is 20.9 Å². The number of rotatable bonds is 6. The van der Waals surface area contributed by atoms with Crippen molar-refractivity contribution < 1.29 is 9.59 Å². The quantitative estimate of drug-likeness (QED) is 0.500. The van der Waals surface area contributed by atoms with Crippen LogP contribution in [0.4, 0.5) is 16.2 Å². The van der Waals surface area contributed by atoms with Crippen LogP contribution >= 0.6 is 0 Å². The van der Waals surface area contributed by atoms with Crippen LogP contribution in [0.1, 0.15) is 11.3 Å². The van der Waals surface area contributed by atoms with E-state index in [0.29, 0.717) is 24.3 Å². The minimum atomic E-state index is -0.304. The van der Waals surface area contributed by atoms with Crippen molar-refractivity contribution in [3.05, 3.63) is 72.4 Å². The molecule has 3 amide bonds. The monoisotopic (exact) mass is 362 g/mol. The molecular weight excluding hydrogens is 340 g/mol. The number of anilines is 2. The van der Waals surface area contributed by atoms with Gasteiger partial charge >= 0.3 is 6.03 Å². The molecule has 0 unspecified atom stereocenters. The van der Waals surface area contributed by atoms with E-state index in [9.17, 15) is 9.59 Å². The first-order chi connectivity index (χ1) is 13.1.